The molecule has 0 aromatic carbocycles. The van der Waals surface area contributed by atoms with E-state index in [-0.39, 0.29) is 5.56 Å². The minimum atomic E-state index is 0.0352. The summed E-state index contributed by atoms with van der Waals surface area (Å²) in [6.07, 6.45) is 4.36. The summed E-state index contributed by atoms with van der Waals surface area (Å²) in [4.78, 5) is 22.3. The number of fused-ring (bicyclic) bond motifs is 3. The highest BCUT2D eigenvalue weighted by molar-refractivity contribution is 7.18. The Kier molecular flexibility index (Phi) is 4.13. The lowest BCUT2D eigenvalue weighted by atomic mass is 9.89. The monoisotopic (exact) mass is 305 g/mol. The summed E-state index contributed by atoms with van der Waals surface area (Å²) in [5, 5.41) is 4.22. The van der Waals surface area contributed by atoms with Crippen LogP contribution in [0.25, 0.3) is 10.2 Å². The van der Waals surface area contributed by atoms with Gasteiger partial charge in [0.05, 0.1) is 11.9 Å². The van der Waals surface area contributed by atoms with Gasteiger partial charge in [0.25, 0.3) is 5.56 Å². The third-order valence-electron chi connectivity index (χ3n) is 4.44. The van der Waals surface area contributed by atoms with E-state index in [9.17, 15) is 4.79 Å². The van der Waals surface area contributed by atoms with Gasteiger partial charge >= 0.3 is 0 Å². The van der Waals surface area contributed by atoms with Crippen LogP contribution in [0.1, 0.15) is 49.9 Å². The zero-order valence-electron chi connectivity index (χ0n) is 13.0. The molecule has 2 aromatic heterocycles. The molecule has 2 N–H and O–H groups in total. The summed E-state index contributed by atoms with van der Waals surface area (Å²) in [6, 6.07) is 0.434. The first-order chi connectivity index (χ1) is 10.1. The minimum absolute atomic E-state index is 0.0352. The predicted molar refractivity (Wildman–Crippen MR) is 88.0 cm³/mol. The van der Waals surface area contributed by atoms with Crippen LogP contribution in [0.4, 0.5) is 0 Å². The van der Waals surface area contributed by atoms with E-state index in [1.807, 2.05) is 0 Å². The summed E-state index contributed by atoms with van der Waals surface area (Å²) in [6.45, 7) is 7.19. The molecule has 21 heavy (non-hydrogen) atoms. The SMILES string of the molecule is CCC(C)NCc1nc2sc3c(c2c(=O)[nH]1)CCC(C)C3. The second-order valence-corrected chi connectivity index (χ2v) is 7.32. The first kappa shape index (κ1) is 14.7. The van der Waals surface area contributed by atoms with Gasteiger partial charge in [-0.1, -0.05) is 13.8 Å². The quantitative estimate of drug-likeness (QED) is 0.913. The van der Waals surface area contributed by atoms with E-state index in [1.165, 1.54) is 16.9 Å². The van der Waals surface area contributed by atoms with Gasteiger partial charge in [0.15, 0.2) is 0 Å². The van der Waals surface area contributed by atoms with Crippen LogP contribution in [0.15, 0.2) is 4.79 Å². The van der Waals surface area contributed by atoms with Crippen molar-refractivity contribution in [3.05, 3.63) is 26.6 Å². The zero-order valence-corrected chi connectivity index (χ0v) is 13.8. The number of aromatic nitrogens is 2. The van der Waals surface area contributed by atoms with Crippen LogP contribution in [-0.4, -0.2) is 16.0 Å². The van der Waals surface area contributed by atoms with Crippen molar-refractivity contribution < 1.29 is 0 Å². The second-order valence-electron chi connectivity index (χ2n) is 6.23. The molecule has 0 radical (unpaired) electrons. The molecule has 114 valence electrons. The van der Waals surface area contributed by atoms with Gasteiger partial charge in [-0.2, -0.15) is 0 Å². The molecule has 0 saturated heterocycles. The number of hydrogen-bond donors (Lipinski definition) is 2. The maximum atomic E-state index is 12.4. The Morgan fingerprint density at radius 3 is 3.10 bits per heavy atom. The van der Waals surface area contributed by atoms with Crippen molar-refractivity contribution in [2.45, 2.75) is 59.0 Å². The molecule has 0 aliphatic heterocycles. The number of H-pyrrole nitrogens is 1. The van der Waals surface area contributed by atoms with Crippen LogP contribution in [0.2, 0.25) is 0 Å². The molecule has 0 amide bonds. The van der Waals surface area contributed by atoms with Crippen molar-refractivity contribution in [1.82, 2.24) is 15.3 Å². The molecular weight excluding hydrogens is 282 g/mol. The number of aryl methyl sites for hydroxylation is 1. The predicted octanol–water partition coefficient (Wildman–Crippen LogP) is 3.00. The number of hydrogen-bond acceptors (Lipinski definition) is 4. The van der Waals surface area contributed by atoms with Crippen LogP contribution >= 0.6 is 11.3 Å². The normalized spacial score (nSPS) is 19.7. The van der Waals surface area contributed by atoms with Crippen molar-refractivity contribution in [3.63, 3.8) is 0 Å². The van der Waals surface area contributed by atoms with Crippen LogP contribution in [0, 0.1) is 5.92 Å². The fourth-order valence-electron chi connectivity index (χ4n) is 2.89. The molecule has 4 nitrogen and oxygen atoms in total. The van der Waals surface area contributed by atoms with Gasteiger partial charge in [-0.3, -0.25) is 4.79 Å². The van der Waals surface area contributed by atoms with E-state index in [0.717, 1.165) is 41.2 Å². The Morgan fingerprint density at radius 1 is 1.52 bits per heavy atom. The lowest BCUT2D eigenvalue weighted by Gasteiger charge is -2.17. The van der Waals surface area contributed by atoms with Gasteiger partial charge < -0.3 is 10.3 Å². The van der Waals surface area contributed by atoms with E-state index >= 15 is 0 Å². The van der Waals surface area contributed by atoms with E-state index < -0.39 is 0 Å². The number of aromatic amines is 1. The Labute approximate surface area is 129 Å². The largest absolute Gasteiger partial charge is 0.309 e. The van der Waals surface area contributed by atoms with E-state index in [1.54, 1.807) is 11.3 Å². The molecular formula is C16H23N3OS. The topological polar surface area (TPSA) is 57.8 Å². The first-order valence-electron chi connectivity index (χ1n) is 7.85. The number of nitrogens with one attached hydrogen (secondary N) is 2. The highest BCUT2D eigenvalue weighted by atomic mass is 32.1. The molecule has 2 atom stereocenters. The fourth-order valence-corrected chi connectivity index (χ4v) is 4.29. The van der Waals surface area contributed by atoms with Gasteiger partial charge in [0, 0.05) is 10.9 Å². The Morgan fingerprint density at radius 2 is 2.33 bits per heavy atom. The highest BCUT2D eigenvalue weighted by Gasteiger charge is 2.22. The molecule has 3 rings (SSSR count). The van der Waals surface area contributed by atoms with Gasteiger partial charge in [-0.25, -0.2) is 4.98 Å². The third-order valence-corrected chi connectivity index (χ3v) is 5.59. The molecule has 0 saturated carbocycles. The van der Waals surface area contributed by atoms with Crippen LogP contribution < -0.4 is 10.9 Å². The molecule has 2 unspecified atom stereocenters. The summed E-state index contributed by atoms with van der Waals surface area (Å²) in [5.74, 6) is 1.47. The average molecular weight is 305 g/mol. The first-order valence-corrected chi connectivity index (χ1v) is 8.67. The minimum Gasteiger partial charge on any atom is -0.309 e. The number of rotatable bonds is 4. The molecule has 0 bridgehead atoms. The van der Waals surface area contributed by atoms with Gasteiger partial charge in [0.1, 0.15) is 10.7 Å². The zero-order chi connectivity index (χ0) is 15.0. The lowest BCUT2D eigenvalue weighted by Crippen LogP contribution is -2.27. The third kappa shape index (κ3) is 2.90. The Hall–Kier alpha value is -1.20. The van der Waals surface area contributed by atoms with E-state index in [0.29, 0.717) is 12.6 Å². The number of thiophene rings is 1. The second kappa shape index (κ2) is 5.89. The summed E-state index contributed by atoms with van der Waals surface area (Å²) in [7, 11) is 0. The average Bonchev–Trinajstić information content (AvgIpc) is 2.82. The molecule has 0 spiro atoms. The summed E-state index contributed by atoms with van der Waals surface area (Å²) < 4.78 is 0. The van der Waals surface area contributed by atoms with Crippen LogP contribution in [0.5, 0.6) is 0 Å². The van der Waals surface area contributed by atoms with Gasteiger partial charge in [0.2, 0.25) is 0 Å². The molecule has 1 aliphatic carbocycles. The van der Waals surface area contributed by atoms with Crippen molar-refractivity contribution in [2.75, 3.05) is 0 Å². The number of nitrogens with zero attached hydrogens (tertiary/aromatic N) is 1. The standard InChI is InChI=1S/C16H23N3OS/c1-4-10(3)17-8-13-18-15(20)14-11-6-5-9(2)7-12(11)21-16(14)19-13/h9-10,17H,4-8H2,1-3H3,(H,18,19,20). The van der Waals surface area contributed by atoms with Gasteiger partial charge in [-0.15, -0.1) is 11.3 Å². The maximum absolute atomic E-state index is 12.4. The molecule has 0 fully saturated rings. The summed E-state index contributed by atoms with van der Waals surface area (Å²) in [5.41, 5.74) is 1.29. The van der Waals surface area contributed by atoms with Crippen molar-refractivity contribution in [2.24, 2.45) is 5.92 Å². The van der Waals surface area contributed by atoms with Gasteiger partial charge in [-0.05, 0) is 44.1 Å². The Balaban J connectivity index is 1.95. The lowest BCUT2D eigenvalue weighted by molar-refractivity contribution is 0.509. The van der Waals surface area contributed by atoms with Crippen molar-refractivity contribution in [1.29, 1.82) is 0 Å². The molecule has 1 aliphatic rings. The molecule has 2 aromatic rings. The van der Waals surface area contributed by atoms with Crippen molar-refractivity contribution >= 4 is 21.6 Å². The summed E-state index contributed by atoms with van der Waals surface area (Å²) >= 11 is 1.71. The highest BCUT2D eigenvalue weighted by Crippen LogP contribution is 2.35. The van der Waals surface area contributed by atoms with Crippen LogP contribution in [-0.2, 0) is 19.4 Å². The fraction of sp³-hybridized carbons (Fsp3) is 0.625. The van der Waals surface area contributed by atoms with E-state index in [4.69, 9.17) is 0 Å². The molecule has 2 heterocycles. The molecule has 5 heteroatoms. The maximum Gasteiger partial charge on any atom is 0.259 e. The van der Waals surface area contributed by atoms with E-state index in [2.05, 4.69) is 36.1 Å². The van der Waals surface area contributed by atoms with Crippen LogP contribution in [0.3, 0.4) is 0 Å². The Bertz CT molecular complexity index is 703. The smallest absolute Gasteiger partial charge is 0.259 e. The van der Waals surface area contributed by atoms with Crippen molar-refractivity contribution in [3.8, 4) is 0 Å².